The minimum atomic E-state index is -4.67. The van der Waals surface area contributed by atoms with Crippen LogP contribution in [0, 0.1) is 5.82 Å². The fourth-order valence-corrected chi connectivity index (χ4v) is 1.57. The van der Waals surface area contributed by atoms with E-state index in [1.54, 1.807) is 0 Å². The monoisotopic (exact) mass is 300 g/mol. The minimum Gasteiger partial charge on any atom is -0.465 e. The highest BCUT2D eigenvalue weighted by Gasteiger charge is 2.34. The van der Waals surface area contributed by atoms with Gasteiger partial charge in [0.1, 0.15) is 5.82 Å². The summed E-state index contributed by atoms with van der Waals surface area (Å²) in [5.41, 5.74) is -1.88. The predicted octanol–water partition coefficient (Wildman–Crippen LogP) is 3.39. The smallest absolute Gasteiger partial charge is 0.417 e. The Hall–Kier alpha value is -1.11. The first-order valence-corrected chi connectivity index (χ1v) is 4.71. The van der Waals surface area contributed by atoms with Crippen molar-refractivity contribution in [1.29, 1.82) is 0 Å². The molecule has 7 heteroatoms. The van der Waals surface area contributed by atoms with Crippen LogP contribution in [-0.4, -0.2) is 13.1 Å². The number of hydrogen-bond donors (Lipinski definition) is 0. The third-order valence-electron chi connectivity index (χ3n) is 1.77. The van der Waals surface area contributed by atoms with Gasteiger partial charge in [-0.05, 0) is 12.1 Å². The zero-order valence-electron chi connectivity index (χ0n) is 7.86. The van der Waals surface area contributed by atoms with Crippen LogP contribution in [0.4, 0.5) is 17.6 Å². The molecule has 0 bridgehead atoms. The molecule has 0 aliphatic heterocycles. The number of benzene rings is 1. The maximum atomic E-state index is 13.2. The third kappa shape index (κ3) is 2.52. The molecule has 0 aliphatic carbocycles. The summed E-state index contributed by atoms with van der Waals surface area (Å²) < 4.78 is 54.1. The lowest BCUT2D eigenvalue weighted by Gasteiger charge is -2.11. The Morgan fingerprint density at radius 3 is 2.38 bits per heavy atom. The number of esters is 1. The largest absolute Gasteiger partial charge is 0.465 e. The number of halogens is 5. The van der Waals surface area contributed by atoms with Gasteiger partial charge in [-0.1, -0.05) is 15.9 Å². The molecule has 1 aromatic carbocycles. The van der Waals surface area contributed by atoms with E-state index < -0.39 is 33.6 Å². The zero-order chi connectivity index (χ0) is 12.5. The summed E-state index contributed by atoms with van der Waals surface area (Å²) >= 11 is 2.58. The second-order valence-electron chi connectivity index (χ2n) is 2.80. The second kappa shape index (κ2) is 4.40. The van der Waals surface area contributed by atoms with Crippen LogP contribution in [0.1, 0.15) is 15.9 Å². The summed E-state index contributed by atoms with van der Waals surface area (Å²) in [4.78, 5) is 11.0. The first-order chi connectivity index (χ1) is 7.27. The molecule has 0 saturated heterocycles. The van der Waals surface area contributed by atoms with Crippen LogP contribution in [0.2, 0.25) is 0 Å². The molecule has 0 aliphatic rings. The van der Waals surface area contributed by atoms with Gasteiger partial charge in [-0.3, -0.25) is 0 Å². The molecule has 1 rings (SSSR count). The lowest BCUT2D eigenvalue weighted by atomic mass is 10.1. The molecule has 0 fully saturated rings. The maximum Gasteiger partial charge on any atom is 0.417 e. The van der Waals surface area contributed by atoms with Gasteiger partial charge in [0.2, 0.25) is 0 Å². The average Bonchev–Trinajstić information content (AvgIpc) is 2.14. The van der Waals surface area contributed by atoms with Crippen LogP contribution >= 0.6 is 15.9 Å². The van der Waals surface area contributed by atoms with Crippen LogP contribution in [-0.2, 0) is 10.9 Å². The molecule has 0 amide bonds. The number of ether oxygens (including phenoxy) is 1. The van der Waals surface area contributed by atoms with E-state index in [9.17, 15) is 22.4 Å². The van der Waals surface area contributed by atoms with Gasteiger partial charge < -0.3 is 4.74 Å². The summed E-state index contributed by atoms with van der Waals surface area (Å²) in [5.74, 6) is -2.23. The van der Waals surface area contributed by atoms with E-state index in [1.807, 2.05) is 0 Å². The Balaban J connectivity index is 3.39. The quantitative estimate of drug-likeness (QED) is 0.587. The van der Waals surface area contributed by atoms with E-state index >= 15 is 0 Å². The standard InChI is InChI=1S/C9H5BrF4O2/c1-16-8(15)4-2-5(9(12,13)14)6(10)3-7(4)11/h2-3H,1H3. The van der Waals surface area contributed by atoms with Crippen molar-refractivity contribution in [1.82, 2.24) is 0 Å². The van der Waals surface area contributed by atoms with E-state index in [0.717, 1.165) is 7.11 Å². The summed E-state index contributed by atoms with van der Waals surface area (Å²) in [6.45, 7) is 0. The molecule has 2 nitrogen and oxygen atoms in total. The van der Waals surface area contributed by atoms with Gasteiger partial charge >= 0.3 is 12.1 Å². The topological polar surface area (TPSA) is 26.3 Å². The Morgan fingerprint density at radius 2 is 1.94 bits per heavy atom. The average molecular weight is 301 g/mol. The first kappa shape index (κ1) is 13.0. The van der Waals surface area contributed by atoms with Gasteiger partial charge in [-0.2, -0.15) is 13.2 Å². The Labute approximate surface area is 96.3 Å². The summed E-state index contributed by atoms with van der Waals surface area (Å²) in [5, 5.41) is 0. The van der Waals surface area contributed by atoms with Crippen molar-refractivity contribution >= 4 is 21.9 Å². The number of rotatable bonds is 1. The molecule has 0 N–H and O–H groups in total. The molecule has 0 radical (unpaired) electrons. The van der Waals surface area contributed by atoms with Crippen LogP contribution < -0.4 is 0 Å². The van der Waals surface area contributed by atoms with Crippen LogP contribution in [0.25, 0.3) is 0 Å². The van der Waals surface area contributed by atoms with Gasteiger partial charge in [0.15, 0.2) is 0 Å². The van der Waals surface area contributed by atoms with Crippen molar-refractivity contribution in [3.8, 4) is 0 Å². The fraction of sp³-hybridized carbons (Fsp3) is 0.222. The highest BCUT2D eigenvalue weighted by Crippen LogP contribution is 2.36. The highest BCUT2D eigenvalue weighted by atomic mass is 79.9. The fourth-order valence-electron chi connectivity index (χ4n) is 1.03. The van der Waals surface area contributed by atoms with Gasteiger partial charge in [-0.25, -0.2) is 9.18 Å². The first-order valence-electron chi connectivity index (χ1n) is 3.92. The highest BCUT2D eigenvalue weighted by molar-refractivity contribution is 9.10. The van der Waals surface area contributed by atoms with E-state index in [-0.39, 0.29) is 0 Å². The summed E-state index contributed by atoms with van der Waals surface area (Å²) in [6, 6.07) is 0.986. The lowest BCUT2D eigenvalue weighted by Crippen LogP contribution is -2.11. The van der Waals surface area contributed by atoms with Gasteiger partial charge in [-0.15, -0.1) is 0 Å². The van der Waals surface area contributed by atoms with Crippen LogP contribution in [0.15, 0.2) is 16.6 Å². The Bertz CT molecular complexity index is 428. The number of methoxy groups -OCH3 is 1. The number of carbonyl (C=O) groups is 1. The zero-order valence-corrected chi connectivity index (χ0v) is 9.45. The number of carbonyl (C=O) groups excluding carboxylic acids is 1. The van der Waals surface area contributed by atoms with Crippen LogP contribution in [0.5, 0.6) is 0 Å². The molecular formula is C9H5BrF4O2. The predicted molar refractivity (Wildman–Crippen MR) is 50.4 cm³/mol. The number of hydrogen-bond acceptors (Lipinski definition) is 2. The van der Waals surface area contributed by atoms with E-state index in [0.29, 0.717) is 12.1 Å². The van der Waals surface area contributed by atoms with Crippen molar-refractivity contribution < 1.29 is 27.1 Å². The van der Waals surface area contributed by atoms with E-state index in [1.165, 1.54) is 0 Å². The summed E-state index contributed by atoms with van der Waals surface area (Å²) in [7, 11) is 0.955. The maximum absolute atomic E-state index is 13.2. The third-order valence-corrected chi connectivity index (χ3v) is 2.42. The van der Waals surface area contributed by atoms with Crippen LogP contribution in [0.3, 0.4) is 0 Å². The van der Waals surface area contributed by atoms with Crippen molar-refractivity contribution in [2.45, 2.75) is 6.18 Å². The molecule has 0 saturated carbocycles. The van der Waals surface area contributed by atoms with Gasteiger partial charge in [0.05, 0.1) is 18.2 Å². The normalized spacial score (nSPS) is 11.4. The van der Waals surface area contributed by atoms with Gasteiger partial charge in [0.25, 0.3) is 0 Å². The molecule has 0 unspecified atom stereocenters. The molecule has 0 atom stereocenters. The molecule has 16 heavy (non-hydrogen) atoms. The van der Waals surface area contributed by atoms with Crippen molar-refractivity contribution in [3.63, 3.8) is 0 Å². The van der Waals surface area contributed by atoms with Crippen molar-refractivity contribution in [2.75, 3.05) is 7.11 Å². The molecule has 88 valence electrons. The lowest BCUT2D eigenvalue weighted by molar-refractivity contribution is -0.138. The molecular weight excluding hydrogens is 296 g/mol. The Kier molecular flexibility index (Phi) is 3.57. The van der Waals surface area contributed by atoms with E-state index in [2.05, 4.69) is 20.7 Å². The second-order valence-corrected chi connectivity index (χ2v) is 3.66. The SMILES string of the molecule is COC(=O)c1cc(C(F)(F)F)c(Br)cc1F. The minimum absolute atomic E-state index is 0.408. The molecule has 0 spiro atoms. The molecule has 1 aromatic rings. The Morgan fingerprint density at radius 1 is 1.38 bits per heavy atom. The van der Waals surface area contributed by atoms with E-state index in [4.69, 9.17) is 0 Å². The van der Waals surface area contributed by atoms with Crippen molar-refractivity contribution in [2.24, 2.45) is 0 Å². The molecule has 0 aromatic heterocycles. The molecule has 0 heterocycles. The van der Waals surface area contributed by atoms with Crippen molar-refractivity contribution in [3.05, 3.63) is 33.5 Å². The van der Waals surface area contributed by atoms with Gasteiger partial charge in [0, 0.05) is 4.47 Å². The number of alkyl halides is 3. The summed E-state index contributed by atoms with van der Waals surface area (Å²) in [6.07, 6.45) is -4.67.